The summed E-state index contributed by atoms with van der Waals surface area (Å²) >= 11 is 0. The van der Waals surface area contributed by atoms with E-state index in [4.69, 9.17) is 6.17 Å². The normalized spacial score (nSPS) is 14.6. The molecule has 0 aromatic heterocycles. The van der Waals surface area contributed by atoms with Crippen molar-refractivity contribution in [3.8, 4) is 11.5 Å². The summed E-state index contributed by atoms with van der Waals surface area (Å²) < 4.78 is 53.3. The number of amides is 1. The molecular weight excluding hydrogens is 453 g/mol. The summed E-state index contributed by atoms with van der Waals surface area (Å²) in [6.45, 7) is 2.12. The molecule has 1 aliphatic heterocycles. The van der Waals surface area contributed by atoms with Gasteiger partial charge in [0.2, 0.25) is 11.5 Å². The maximum absolute atomic E-state index is 13.0. The quantitative estimate of drug-likeness (QED) is 0.176. The fraction of sp³-hybridized carbons (Fsp3) is 0.333. The molecule has 0 bridgehead atoms. The molecule has 1 amide bonds. The predicted octanol–water partition coefficient (Wildman–Crippen LogP) is 1.49. The van der Waals surface area contributed by atoms with Gasteiger partial charge in [-0.25, -0.2) is 18.3 Å². The average Bonchev–Trinajstić information content (AvgIpc) is 3.34. The van der Waals surface area contributed by atoms with E-state index in [0.29, 0.717) is 30.9 Å². The topological polar surface area (TPSA) is 141 Å². The maximum Gasteiger partial charge on any atom is 0.261 e. The fourth-order valence-electron chi connectivity index (χ4n) is 3.09. The Morgan fingerprint density at radius 1 is 1.18 bits per heavy atom. The standard InChI is InChI=1S/C21H26FN5O5S/c22-15-4-6-16(7-5-15)32-17-8-10-18(11-9-17)33(30,31)27-19(20(28)26-29)3-1-2-12-23-21-24-13-14-25-21/h4-11,19,27,29H,1-3,12-14H2,(H,26,28)(H2,23,24,25)/t19-/m0/s1/i/hD. The summed E-state index contributed by atoms with van der Waals surface area (Å²) in [5, 5.41) is 10.1. The van der Waals surface area contributed by atoms with Crippen molar-refractivity contribution >= 4 is 21.9 Å². The summed E-state index contributed by atoms with van der Waals surface area (Å²) in [7, 11) is -4.05. The van der Waals surface area contributed by atoms with Gasteiger partial charge in [0, 0.05) is 13.1 Å². The number of halogens is 1. The van der Waals surface area contributed by atoms with Gasteiger partial charge in [-0.05, 0) is 67.8 Å². The Kier molecular flexibility index (Phi) is 8.06. The number of carbonyl (C=O) groups is 1. The summed E-state index contributed by atoms with van der Waals surface area (Å²) in [6, 6.07) is 9.83. The van der Waals surface area contributed by atoms with Gasteiger partial charge >= 0.3 is 0 Å². The number of nitrogens with one attached hydrogen (secondary N) is 4. The molecule has 0 aliphatic carbocycles. The van der Waals surface area contributed by atoms with Crippen LogP contribution in [0.25, 0.3) is 0 Å². The molecule has 0 spiro atoms. The number of sulfonamides is 1. The first-order valence-corrected chi connectivity index (χ1v) is 11.9. The molecule has 1 heterocycles. The van der Waals surface area contributed by atoms with Gasteiger partial charge < -0.3 is 15.4 Å². The van der Waals surface area contributed by atoms with Crippen LogP contribution in [-0.4, -0.2) is 51.2 Å². The molecule has 1 atom stereocenters. The summed E-state index contributed by atoms with van der Waals surface area (Å²) in [4.78, 5) is 16.4. The lowest BCUT2D eigenvalue weighted by Crippen LogP contribution is -2.45. The summed E-state index contributed by atoms with van der Waals surface area (Å²) in [5.74, 6) is 0.309. The first-order chi connectivity index (χ1) is 16.4. The number of unbranched alkanes of at least 4 members (excludes halogenated alkanes) is 1. The van der Waals surface area contributed by atoms with E-state index in [2.05, 4.69) is 25.6 Å². The van der Waals surface area contributed by atoms with E-state index in [9.17, 15) is 17.6 Å². The van der Waals surface area contributed by atoms with Crippen molar-refractivity contribution in [3.63, 3.8) is 0 Å². The first kappa shape index (κ1) is 23.0. The van der Waals surface area contributed by atoms with Gasteiger partial charge in [-0.15, -0.1) is 0 Å². The van der Waals surface area contributed by atoms with Gasteiger partial charge in [-0.3, -0.25) is 15.0 Å². The van der Waals surface area contributed by atoms with E-state index in [0.717, 1.165) is 19.0 Å². The lowest BCUT2D eigenvalue weighted by molar-refractivity contribution is -0.131. The number of rotatable bonds is 12. The third kappa shape index (κ3) is 7.41. The van der Waals surface area contributed by atoms with E-state index in [1.54, 1.807) is 0 Å². The third-order valence-corrected chi connectivity index (χ3v) is 6.27. The number of aliphatic imine (C=N–C) groups is 1. The highest BCUT2D eigenvalue weighted by Crippen LogP contribution is 2.23. The number of hydrogen-bond acceptors (Lipinski definition) is 8. The molecule has 1 aliphatic rings. The summed E-state index contributed by atoms with van der Waals surface area (Å²) in [5.41, 5.74) is 1.86. The molecular formula is C21H26FN5O5S. The van der Waals surface area contributed by atoms with Crippen LogP contribution in [0.5, 0.6) is 11.5 Å². The number of ether oxygens (including phenoxy) is 1. The molecule has 0 radical (unpaired) electrons. The molecule has 0 saturated carbocycles. The second kappa shape index (κ2) is 11.6. The van der Waals surface area contributed by atoms with Crippen molar-refractivity contribution in [3.05, 3.63) is 54.3 Å². The van der Waals surface area contributed by atoms with Crippen LogP contribution in [0.2, 0.25) is 1.43 Å². The Balaban J connectivity index is 1.57. The van der Waals surface area contributed by atoms with Crippen LogP contribution in [0, 0.1) is 5.82 Å². The lowest BCUT2D eigenvalue weighted by atomic mass is 10.1. The molecule has 2 aromatic carbocycles. The Labute approximate surface area is 192 Å². The molecule has 3 rings (SSSR count). The molecule has 10 nitrogen and oxygen atoms in total. The van der Waals surface area contributed by atoms with Crippen LogP contribution in [0.3, 0.4) is 0 Å². The van der Waals surface area contributed by atoms with E-state index in [1.165, 1.54) is 48.5 Å². The smallest absolute Gasteiger partial charge is 0.261 e. The largest absolute Gasteiger partial charge is 0.457 e. The van der Waals surface area contributed by atoms with Crippen LogP contribution in [0.4, 0.5) is 4.39 Å². The number of hydroxylamine groups is 1. The third-order valence-electron chi connectivity index (χ3n) is 4.78. The molecule has 178 valence electrons. The first-order valence-electron chi connectivity index (χ1n) is 10.8. The molecule has 33 heavy (non-hydrogen) atoms. The molecule has 2 aromatic rings. The number of nitrogens with zero attached hydrogens (tertiary/aromatic N) is 1. The zero-order valence-corrected chi connectivity index (χ0v) is 18.5. The highest BCUT2D eigenvalue weighted by Gasteiger charge is 2.25. The van der Waals surface area contributed by atoms with Crippen molar-refractivity contribution in [2.45, 2.75) is 30.2 Å². The van der Waals surface area contributed by atoms with Gasteiger partial charge in [0.15, 0.2) is 5.96 Å². The Bertz CT molecular complexity index is 1080. The van der Waals surface area contributed by atoms with Gasteiger partial charge in [0.25, 0.3) is 5.91 Å². The highest BCUT2D eigenvalue weighted by atomic mass is 32.2. The minimum Gasteiger partial charge on any atom is -0.457 e. The van der Waals surface area contributed by atoms with E-state index >= 15 is 0 Å². The van der Waals surface area contributed by atoms with E-state index < -0.39 is 27.8 Å². The van der Waals surface area contributed by atoms with E-state index in [1.807, 2.05) is 5.48 Å². The number of hydrogen-bond donors (Lipinski definition) is 5. The maximum atomic E-state index is 13.0. The molecule has 0 fully saturated rings. The molecule has 12 heteroatoms. The molecule has 0 unspecified atom stereocenters. The van der Waals surface area contributed by atoms with Crippen molar-refractivity contribution in [2.24, 2.45) is 4.99 Å². The second-order valence-corrected chi connectivity index (χ2v) is 8.96. The van der Waals surface area contributed by atoms with Crippen molar-refractivity contribution < 1.29 is 29.0 Å². The van der Waals surface area contributed by atoms with Crippen LogP contribution < -0.4 is 25.6 Å². The van der Waals surface area contributed by atoms with Crippen LogP contribution in [-0.2, 0) is 14.8 Å². The van der Waals surface area contributed by atoms with Crippen LogP contribution >= 0.6 is 0 Å². The van der Waals surface area contributed by atoms with Gasteiger partial charge in [0.05, 0.1) is 11.4 Å². The minimum absolute atomic E-state index is 0.0736. The van der Waals surface area contributed by atoms with Gasteiger partial charge in [-0.1, -0.05) is 0 Å². The Hall–Kier alpha value is -3.22. The lowest BCUT2D eigenvalue weighted by Gasteiger charge is -2.17. The SMILES string of the molecule is [2H]ONC(=O)[C@H](CCCCNC1=NCCN1)NS(=O)(=O)c1ccc(Oc2ccc(F)cc2)cc1. The number of carbonyl (C=O) groups excluding carboxylic acids is 1. The Morgan fingerprint density at radius 3 is 2.52 bits per heavy atom. The van der Waals surface area contributed by atoms with Gasteiger partial charge in [0.1, 0.15) is 23.4 Å². The van der Waals surface area contributed by atoms with Gasteiger partial charge in [-0.2, -0.15) is 4.72 Å². The summed E-state index contributed by atoms with van der Waals surface area (Å²) in [6.07, 6.45) is 1.40. The van der Waals surface area contributed by atoms with Crippen molar-refractivity contribution in [1.82, 2.24) is 20.8 Å². The highest BCUT2D eigenvalue weighted by molar-refractivity contribution is 7.89. The number of guanidine groups is 1. The predicted molar refractivity (Wildman–Crippen MR) is 119 cm³/mol. The van der Waals surface area contributed by atoms with Crippen LogP contribution in [0.1, 0.15) is 19.3 Å². The fourth-order valence-corrected chi connectivity index (χ4v) is 4.32. The molecule has 5 N–H and O–H groups in total. The van der Waals surface area contributed by atoms with Crippen molar-refractivity contribution in [1.29, 1.82) is 0 Å². The Morgan fingerprint density at radius 2 is 1.88 bits per heavy atom. The second-order valence-electron chi connectivity index (χ2n) is 7.25. The average molecular weight is 481 g/mol. The molecule has 0 saturated heterocycles. The van der Waals surface area contributed by atoms with Crippen LogP contribution in [0.15, 0.2) is 58.4 Å². The zero-order chi connectivity index (χ0) is 24.4. The van der Waals surface area contributed by atoms with Crippen molar-refractivity contribution in [2.75, 3.05) is 19.6 Å². The minimum atomic E-state index is -4.05. The number of benzene rings is 2. The monoisotopic (exact) mass is 480 g/mol. The zero-order valence-electron chi connectivity index (χ0n) is 18.7. The van der Waals surface area contributed by atoms with E-state index in [-0.39, 0.29) is 11.3 Å².